The van der Waals surface area contributed by atoms with Crippen molar-refractivity contribution < 1.29 is 22.7 Å². The number of anilines is 1. The monoisotopic (exact) mass is 407 g/mol. The quantitative estimate of drug-likeness (QED) is 0.778. The molecule has 2 aromatic carbocycles. The Morgan fingerprint density at radius 3 is 2.41 bits per heavy atom. The van der Waals surface area contributed by atoms with Gasteiger partial charge in [0.25, 0.3) is 0 Å². The Morgan fingerprint density at radius 2 is 1.76 bits per heavy atom. The van der Waals surface area contributed by atoms with Crippen LogP contribution in [0, 0.1) is 0 Å². The normalized spacial score (nSPS) is 17.4. The lowest BCUT2D eigenvalue weighted by molar-refractivity contribution is -0.137. The Hall–Kier alpha value is -2.58. The van der Waals surface area contributed by atoms with Crippen molar-refractivity contribution in [3.05, 3.63) is 65.7 Å². The average Bonchev–Trinajstić information content (AvgIpc) is 2.69. The van der Waals surface area contributed by atoms with Gasteiger partial charge in [0, 0.05) is 24.8 Å². The minimum Gasteiger partial charge on any atom is -0.379 e. The first-order chi connectivity index (χ1) is 13.8. The summed E-state index contributed by atoms with van der Waals surface area (Å²) >= 11 is 0. The van der Waals surface area contributed by atoms with E-state index in [0.29, 0.717) is 13.2 Å². The second kappa shape index (κ2) is 9.28. The highest BCUT2D eigenvalue weighted by atomic mass is 19.4. The molecule has 0 bridgehead atoms. The number of benzene rings is 2. The molecular formula is C21H24F3N3O2. The number of nitrogens with zero attached hydrogens (tertiary/aromatic N) is 1. The fourth-order valence-electron chi connectivity index (χ4n) is 3.55. The second-order valence-electron chi connectivity index (χ2n) is 6.97. The lowest BCUT2D eigenvalue weighted by atomic mass is 9.98. The van der Waals surface area contributed by atoms with E-state index >= 15 is 0 Å². The third-order valence-electron chi connectivity index (χ3n) is 4.86. The molecule has 1 fully saturated rings. The minimum atomic E-state index is -4.46. The predicted octanol–water partition coefficient (Wildman–Crippen LogP) is 4.29. The number of halogens is 3. The zero-order chi connectivity index (χ0) is 20.9. The number of amides is 2. The molecule has 0 radical (unpaired) electrons. The largest absolute Gasteiger partial charge is 0.416 e. The van der Waals surface area contributed by atoms with Crippen molar-refractivity contribution in [2.75, 3.05) is 31.6 Å². The van der Waals surface area contributed by atoms with Gasteiger partial charge >= 0.3 is 12.2 Å². The second-order valence-corrected chi connectivity index (χ2v) is 6.97. The molecule has 0 unspecified atom stereocenters. The van der Waals surface area contributed by atoms with Gasteiger partial charge in [-0.1, -0.05) is 36.4 Å². The molecule has 1 aliphatic heterocycles. The van der Waals surface area contributed by atoms with E-state index < -0.39 is 17.8 Å². The van der Waals surface area contributed by atoms with E-state index in [1.165, 1.54) is 12.1 Å². The molecule has 1 aliphatic rings. The van der Waals surface area contributed by atoms with E-state index in [9.17, 15) is 18.0 Å². The van der Waals surface area contributed by atoms with Gasteiger partial charge < -0.3 is 15.4 Å². The van der Waals surface area contributed by atoms with Crippen molar-refractivity contribution in [1.29, 1.82) is 0 Å². The topological polar surface area (TPSA) is 53.6 Å². The standard InChI is InChI=1S/C21H24F3N3O2/c1-15(19(16-6-3-2-4-7-16)27-10-12-29-13-11-27)25-20(28)26-18-9-5-8-17(14-18)21(22,23)24/h2-9,14-15,19H,10-13H2,1H3,(H2,25,26,28)/t15-,19+/m0/s1. The summed E-state index contributed by atoms with van der Waals surface area (Å²) in [5.41, 5.74) is 0.340. The van der Waals surface area contributed by atoms with Crippen LogP contribution in [0.1, 0.15) is 24.1 Å². The van der Waals surface area contributed by atoms with Crippen LogP contribution in [0.3, 0.4) is 0 Å². The summed E-state index contributed by atoms with van der Waals surface area (Å²) in [4.78, 5) is 14.7. The summed E-state index contributed by atoms with van der Waals surface area (Å²) in [6, 6.07) is 13.5. The van der Waals surface area contributed by atoms with Crippen LogP contribution >= 0.6 is 0 Å². The Balaban J connectivity index is 1.70. The van der Waals surface area contributed by atoms with Crippen LogP contribution in [0.4, 0.5) is 23.7 Å². The summed E-state index contributed by atoms with van der Waals surface area (Å²) < 4.78 is 44.0. The van der Waals surface area contributed by atoms with Gasteiger partial charge in [-0.05, 0) is 30.7 Å². The zero-order valence-corrected chi connectivity index (χ0v) is 16.1. The number of hydrogen-bond donors (Lipinski definition) is 2. The summed E-state index contributed by atoms with van der Waals surface area (Å²) in [5.74, 6) is 0. The van der Waals surface area contributed by atoms with Crippen LogP contribution in [0.15, 0.2) is 54.6 Å². The molecule has 156 valence electrons. The molecule has 2 amide bonds. The van der Waals surface area contributed by atoms with Crippen molar-refractivity contribution in [1.82, 2.24) is 10.2 Å². The van der Waals surface area contributed by atoms with E-state index in [0.717, 1.165) is 30.8 Å². The Bertz CT molecular complexity index is 808. The first-order valence-corrected chi connectivity index (χ1v) is 9.46. The van der Waals surface area contributed by atoms with E-state index in [1.54, 1.807) is 0 Å². The molecule has 0 aromatic heterocycles. The molecule has 2 aromatic rings. The van der Waals surface area contributed by atoms with Gasteiger partial charge in [-0.25, -0.2) is 4.79 Å². The maximum absolute atomic E-state index is 12.9. The number of hydrogen-bond acceptors (Lipinski definition) is 3. The lowest BCUT2D eigenvalue weighted by Gasteiger charge is -2.38. The highest BCUT2D eigenvalue weighted by Gasteiger charge is 2.31. The van der Waals surface area contributed by atoms with Crippen molar-refractivity contribution in [2.24, 2.45) is 0 Å². The van der Waals surface area contributed by atoms with Gasteiger partial charge in [-0.15, -0.1) is 0 Å². The molecule has 0 aliphatic carbocycles. The molecule has 29 heavy (non-hydrogen) atoms. The van der Waals surface area contributed by atoms with Crippen molar-refractivity contribution in [3.63, 3.8) is 0 Å². The van der Waals surface area contributed by atoms with Crippen LogP contribution in [0.25, 0.3) is 0 Å². The molecule has 8 heteroatoms. The van der Waals surface area contributed by atoms with Crippen molar-refractivity contribution in [3.8, 4) is 0 Å². The SMILES string of the molecule is C[C@H](NC(=O)Nc1cccc(C(F)(F)F)c1)[C@H](c1ccccc1)N1CCOCC1. The van der Waals surface area contributed by atoms with Crippen LogP contribution in [0.5, 0.6) is 0 Å². The Morgan fingerprint density at radius 1 is 1.07 bits per heavy atom. The first-order valence-electron chi connectivity index (χ1n) is 9.46. The third kappa shape index (κ3) is 5.71. The summed E-state index contributed by atoms with van der Waals surface area (Å²) in [6.07, 6.45) is -4.46. The van der Waals surface area contributed by atoms with E-state index in [-0.39, 0.29) is 17.8 Å². The van der Waals surface area contributed by atoms with Gasteiger partial charge in [0.2, 0.25) is 0 Å². The molecular weight excluding hydrogens is 383 g/mol. The maximum Gasteiger partial charge on any atom is 0.416 e. The molecule has 0 saturated carbocycles. The highest BCUT2D eigenvalue weighted by molar-refractivity contribution is 5.89. The number of rotatable bonds is 5. The average molecular weight is 407 g/mol. The van der Waals surface area contributed by atoms with Crippen LogP contribution < -0.4 is 10.6 Å². The van der Waals surface area contributed by atoms with Gasteiger partial charge in [-0.3, -0.25) is 4.90 Å². The number of nitrogens with one attached hydrogen (secondary N) is 2. The summed E-state index contributed by atoms with van der Waals surface area (Å²) in [7, 11) is 0. The van der Waals surface area contributed by atoms with E-state index in [4.69, 9.17) is 4.74 Å². The highest BCUT2D eigenvalue weighted by Crippen LogP contribution is 2.31. The van der Waals surface area contributed by atoms with Gasteiger partial charge in [0.05, 0.1) is 24.8 Å². The van der Waals surface area contributed by atoms with Gasteiger partial charge in [-0.2, -0.15) is 13.2 Å². The minimum absolute atomic E-state index is 0.0765. The number of alkyl halides is 3. The number of morpholine rings is 1. The zero-order valence-electron chi connectivity index (χ0n) is 16.1. The first kappa shape index (κ1) is 21.1. The summed E-state index contributed by atoms with van der Waals surface area (Å²) in [6.45, 7) is 4.60. The van der Waals surface area contributed by atoms with Gasteiger partial charge in [0.1, 0.15) is 0 Å². The fraction of sp³-hybridized carbons (Fsp3) is 0.381. The Kier molecular flexibility index (Phi) is 6.76. The smallest absolute Gasteiger partial charge is 0.379 e. The Labute approximate surface area is 167 Å². The lowest BCUT2D eigenvalue weighted by Crippen LogP contribution is -2.49. The molecule has 2 N–H and O–H groups in total. The van der Waals surface area contributed by atoms with Gasteiger partial charge in [0.15, 0.2) is 0 Å². The fourth-order valence-corrected chi connectivity index (χ4v) is 3.55. The molecule has 3 rings (SSSR count). The number of carbonyl (C=O) groups is 1. The number of urea groups is 1. The maximum atomic E-state index is 12.9. The molecule has 0 spiro atoms. The predicted molar refractivity (Wildman–Crippen MR) is 105 cm³/mol. The van der Waals surface area contributed by atoms with Crippen LogP contribution in [-0.2, 0) is 10.9 Å². The van der Waals surface area contributed by atoms with Crippen LogP contribution in [-0.4, -0.2) is 43.3 Å². The van der Waals surface area contributed by atoms with E-state index in [1.807, 2.05) is 37.3 Å². The van der Waals surface area contributed by atoms with Crippen LogP contribution in [0.2, 0.25) is 0 Å². The molecule has 5 nitrogen and oxygen atoms in total. The molecule has 1 heterocycles. The third-order valence-corrected chi connectivity index (χ3v) is 4.86. The summed E-state index contributed by atoms with van der Waals surface area (Å²) in [5, 5.41) is 5.37. The number of ether oxygens (including phenoxy) is 1. The molecule has 2 atom stereocenters. The molecule has 1 saturated heterocycles. The van der Waals surface area contributed by atoms with E-state index in [2.05, 4.69) is 15.5 Å². The van der Waals surface area contributed by atoms with Crippen molar-refractivity contribution in [2.45, 2.75) is 25.2 Å². The number of carbonyl (C=O) groups excluding carboxylic acids is 1. The van der Waals surface area contributed by atoms with Crippen molar-refractivity contribution >= 4 is 11.7 Å².